The fourth-order valence-electron chi connectivity index (χ4n) is 2.13. The predicted molar refractivity (Wildman–Crippen MR) is 94.7 cm³/mol. The Morgan fingerprint density at radius 1 is 1.21 bits per heavy atom. The molecule has 0 heterocycles. The van der Waals surface area contributed by atoms with E-state index in [0.29, 0.717) is 0 Å². The van der Waals surface area contributed by atoms with Gasteiger partial charge in [0.25, 0.3) is 0 Å². The lowest BCUT2D eigenvalue weighted by atomic mass is 9.92. The van der Waals surface area contributed by atoms with Crippen LogP contribution in [0.25, 0.3) is 0 Å². The number of halogens is 2. The zero-order valence-corrected chi connectivity index (χ0v) is 14.5. The molecule has 3 N–H and O–H groups in total. The number of benzene rings is 2. The van der Waals surface area contributed by atoms with E-state index in [1.165, 1.54) is 6.07 Å². The first kappa shape index (κ1) is 19.9. The van der Waals surface area contributed by atoms with Gasteiger partial charge in [-0.15, -0.1) is 12.4 Å². The molecule has 6 heteroatoms. The van der Waals surface area contributed by atoms with Gasteiger partial charge in [0.2, 0.25) is 5.91 Å². The number of carbonyl (C=O) groups is 1. The molecule has 0 saturated heterocycles. The van der Waals surface area contributed by atoms with Gasteiger partial charge in [-0.3, -0.25) is 4.79 Å². The van der Waals surface area contributed by atoms with Gasteiger partial charge < -0.3 is 15.8 Å². The minimum atomic E-state index is -1.14. The molecule has 2 rings (SSSR count). The summed E-state index contributed by atoms with van der Waals surface area (Å²) < 4.78 is 19.0. The highest BCUT2D eigenvalue weighted by atomic mass is 35.5. The molecule has 2 aromatic carbocycles. The predicted octanol–water partition coefficient (Wildman–Crippen LogP) is 3.01. The fourth-order valence-corrected chi connectivity index (χ4v) is 2.13. The van der Waals surface area contributed by atoms with Gasteiger partial charge in [0, 0.05) is 0 Å². The highest BCUT2D eigenvalue weighted by Crippen LogP contribution is 2.18. The third kappa shape index (κ3) is 4.94. The van der Waals surface area contributed by atoms with Crippen molar-refractivity contribution < 1.29 is 13.9 Å². The average molecular weight is 353 g/mol. The van der Waals surface area contributed by atoms with E-state index in [9.17, 15) is 9.18 Å². The number of rotatable bonds is 6. The van der Waals surface area contributed by atoms with E-state index in [0.717, 1.165) is 5.56 Å². The second-order valence-corrected chi connectivity index (χ2v) is 5.64. The van der Waals surface area contributed by atoms with Crippen molar-refractivity contribution >= 4 is 18.3 Å². The molecule has 24 heavy (non-hydrogen) atoms. The van der Waals surface area contributed by atoms with Gasteiger partial charge in [0.05, 0.1) is 6.54 Å². The first-order valence-corrected chi connectivity index (χ1v) is 7.45. The number of ether oxygens (including phenoxy) is 1. The molecule has 4 nitrogen and oxygen atoms in total. The van der Waals surface area contributed by atoms with Gasteiger partial charge in [0.1, 0.15) is 11.6 Å². The molecule has 0 aromatic heterocycles. The van der Waals surface area contributed by atoms with Gasteiger partial charge in [0.15, 0.2) is 11.6 Å². The van der Waals surface area contributed by atoms with Crippen LogP contribution in [-0.2, 0) is 10.3 Å². The summed E-state index contributed by atoms with van der Waals surface area (Å²) in [6, 6.07) is 15.3. The minimum Gasteiger partial charge on any atom is -0.486 e. The lowest BCUT2D eigenvalue weighted by molar-refractivity contribution is -0.126. The lowest BCUT2D eigenvalue weighted by Gasteiger charge is -2.25. The molecule has 0 fully saturated rings. The summed E-state index contributed by atoms with van der Waals surface area (Å²) in [7, 11) is 0. The third-order valence-corrected chi connectivity index (χ3v) is 3.56. The maximum atomic E-state index is 13.5. The second-order valence-electron chi connectivity index (χ2n) is 5.64. The number of hydrogen-bond donors (Lipinski definition) is 2. The molecule has 1 amide bonds. The summed E-state index contributed by atoms with van der Waals surface area (Å²) in [6.45, 7) is 3.63. The maximum absolute atomic E-state index is 13.5. The molecule has 2 unspecified atom stereocenters. The Kier molecular flexibility index (Phi) is 7.19. The van der Waals surface area contributed by atoms with Gasteiger partial charge >= 0.3 is 0 Å². The van der Waals surface area contributed by atoms with E-state index in [2.05, 4.69) is 5.32 Å². The number of carbonyl (C=O) groups excluding carboxylic acids is 1. The van der Waals surface area contributed by atoms with Crippen LogP contribution in [0.4, 0.5) is 4.39 Å². The van der Waals surface area contributed by atoms with Crippen LogP contribution in [0.3, 0.4) is 0 Å². The van der Waals surface area contributed by atoms with Crippen LogP contribution in [0.5, 0.6) is 5.75 Å². The highest BCUT2D eigenvalue weighted by molar-refractivity contribution is 5.87. The zero-order chi connectivity index (χ0) is 16.9. The highest BCUT2D eigenvalue weighted by Gasteiger charge is 2.30. The van der Waals surface area contributed by atoms with E-state index < -0.39 is 11.4 Å². The SMILES string of the molecule is CC(CNC(=O)C(C)(N)c1ccccc1)Oc1ccccc1F.Cl. The van der Waals surface area contributed by atoms with Crippen LogP contribution in [0.1, 0.15) is 19.4 Å². The van der Waals surface area contributed by atoms with Crippen molar-refractivity contribution in [3.8, 4) is 5.75 Å². The quantitative estimate of drug-likeness (QED) is 0.840. The Balaban J connectivity index is 0.00000288. The van der Waals surface area contributed by atoms with Crippen molar-refractivity contribution in [1.29, 1.82) is 0 Å². The van der Waals surface area contributed by atoms with Gasteiger partial charge in [-0.1, -0.05) is 42.5 Å². The molecule has 0 radical (unpaired) electrons. The number of nitrogens with one attached hydrogen (secondary N) is 1. The molecule has 0 aliphatic heterocycles. The maximum Gasteiger partial charge on any atom is 0.244 e. The van der Waals surface area contributed by atoms with Crippen molar-refractivity contribution in [3.63, 3.8) is 0 Å². The second kappa shape index (κ2) is 8.66. The number of amides is 1. The van der Waals surface area contributed by atoms with E-state index >= 15 is 0 Å². The van der Waals surface area contributed by atoms with Crippen molar-refractivity contribution in [3.05, 3.63) is 66.0 Å². The Morgan fingerprint density at radius 3 is 2.42 bits per heavy atom. The summed E-state index contributed by atoms with van der Waals surface area (Å²) in [5.74, 6) is -0.584. The molecule has 2 atom stereocenters. The Bertz CT molecular complexity index is 665. The van der Waals surface area contributed by atoms with Crippen LogP contribution in [0.2, 0.25) is 0 Å². The Labute approximate surface area is 147 Å². The Morgan fingerprint density at radius 2 is 1.79 bits per heavy atom. The van der Waals surface area contributed by atoms with E-state index in [1.54, 1.807) is 44.2 Å². The summed E-state index contributed by atoms with van der Waals surface area (Å²) in [6.07, 6.45) is -0.387. The summed E-state index contributed by atoms with van der Waals surface area (Å²) in [5, 5.41) is 2.75. The largest absolute Gasteiger partial charge is 0.486 e. The summed E-state index contributed by atoms with van der Waals surface area (Å²) in [4.78, 5) is 12.3. The van der Waals surface area contributed by atoms with Gasteiger partial charge in [-0.2, -0.15) is 0 Å². The standard InChI is InChI=1S/C18H21FN2O2.ClH/c1-13(23-16-11-7-6-10-15(16)19)12-21-17(22)18(2,20)14-8-4-3-5-9-14;/h3-11,13H,12,20H2,1-2H3,(H,21,22);1H. The van der Waals surface area contributed by atoms with Crippen LogP contribution in [-0.4, -0.2) is 18.6 Å². The first-order chi connectivity index (χ1) is 10.9. The number of hydrogen-bond acceptors (Lipinski definition) is 3. The monoisotopic (exact) mass is 352 g/mol. The normalized spacial score (nSPS) is 14.0. The third-order valence-electron chi connectivity index (χ3n) is 3.56. The minimum absolute atomic E-state index is 0. The molecule has 130 valence electrons. The molecule has 0 aliphatic carbocycles. The van der Waals surface area contributed by atoms with Crippen LogP contribution < -0.4 is 15.8 Å². The van der Waals surface area contributed by atoms with E-state index in [1.807, 2.05) is 18.2 Å². The zero-order valence-electron chi connectivity index (χ0n) is 13.7. The molecule has 2 aromatic rings. The fraction of sp³-hybridized carbons (Fsp3) is 0.278. The molecular formula is C18H22ClFN2O2. The van der Waals surface area contributed by atoms with Crippen molar-refractivity contribution in [2.45, 2.75) is 25.5 Å². The van der Waals surface area contributed by atoms with Crippen molar-refractivity contribution in [2.24, 2.45) is 5.73 Å². The van der Waals surface area contributed by atoms with E-state index in [-0.39, 0.29) is 36.7 Å². The van der Waals surface area contributed by atoms with Gasteiger partial charge in [-0.05, 0) is 31.5 Å². The topological polar surface area (TPSA) is 64.4 Å². The smallest absolute Gasteiger partial charge is 0.244 e. The van der Waals surface area contributed by atoms with Gasteiger partial charge in [-0.25, -0.2) is 4.39 Å². The molecule has 0 spiro atoms. The average Bonchev–Trinajstić information content (AvgIpc) is 2.55. The number of para-hydroxylation sites is 1. The van der Waals surface area contributed by atoms with Crippen LogP contribution in [0, 0.1) is 5.82 Å². The molecule has 0 saturated carbocycles. The lowest BCUT2D eigenvalue weighted by Crippen LogP contribution is -2.50. The summed E-state index contributed by atoms with van der Waals surface area (Å²) in [5.41, 5.74) is 5.71. The molecule has 0 bridgehead atoms. The van der Waals surface area contributed by atoms with Crippen LogP contribution in [0.15, 0.2) is 54.6 Å². The van der Waals surface area contributed by atoms with Crippen molar-refractivity contribution in [1.82, 2.24) is 5.32 Å². The number of nitrogens with two attached hydrogens (primary N) is 1. The molecular weight excluding hydrogens is 331 g/mol. The van der Waals surface area contributed by atoms with E-state index in [4.69, 9.17) is 10.5 Å². The van der Waals surface area contributed by atoms with Crippen molar-refractivity contribution in [2.75, 3.05) is 6.54 Å². The molecule has 0 aliphatic rings. The first-order valence-electron chi connectivity index (χ1n) is 7.45. The Hall–Kier alpha value is -2.11. The van der Waals surface area contributed by atoms with Crippen LogP contribution >= 0.6 is 12.4 Å². The summed E-state index contributed by atoms with van der Waals surface area (Å²) >= 11 is 0.